The zero-order valence-electron chi connectivity index (χ0n) is 25.9. The van der Waals surface area contributed by atoms with E-state index >= 15 is 0 Å². The van der Waals surface area contributed by atoms with E-state index in [0.717, 1.165) is 38.7 Å². The summed E-state index contributed by atoms with van der Waals surface area (Å²) >= 11 is 10.9. The van der Waals surface area contributed by atoms with Crippen LogP contribution in [0.1, 0.15) is 60.6 Å². The Morgan fingerprint density at radius 2 is 1.38 bits per heavy atom. The van der Waals surface area contributed by atoms with E-state index in [4.69, 9.17) is 30.5 Å². The van der Waals surface area contributed by atoms with E-state index in [1.807, 2.05) is 54.6 Å². The van der Waals surface area contributed by atoms with Gasteiger partial charge in [0, 0.05) is 24.5 Å². The predicted molar refractivity (Wildman–Crippen MR) is 183 cm³/mol. The highest BCUT2D eigenvalue weighted by atomic mass is 79.9. The molecule has 238 valence electrons. The molecule has 0 spiro atoms. The molecule has 5 rings (SSSR count). The number of rotatable bonds is 14. The summed E-state index contributed by atoms with van der Waals surface area (Å²) in [4.78, 5) is 0. The predicted octanol–water partition coefficient (Wildman–Crippen LogP) is 9.11. The molecule has 0 aromatic heterocycles. The van der Waals surface area contributed by atoms with E-state index in [9.17, 15) is 5.11 Å². The topological polar surface area (TPSA) is 57.2 Å². The van der Waals surface area contributed by atoms with Crippen LogP contribution in [0.3, 0.4) is 0 Å². The van der Waals surface area contributed by atoms with Gasteiger partial charge in [-0.25, -0.2) is 0 Å². The Hall–Kier alpha value is -2.71. The lowest BCUT2D eigenvalue weighted by atomic mass is 9.83. The highest BCUT2D eigenvalue weighted by Crippen LogP contribution is 2.47. The Morgan fingerprint density at radius 3 is 1.93 bits per heavy atom. The van der Waals surface area contributed by atoms with Crippen LogP contribution >= 0.6 is 27.5 Å². The number of hydrogen-bond donors (Lipinski definition) is 1. The average Bonchev–Trinajstić information content (AvgIpc) is 3.07. The summed E-state index contributed by atoms with van der Waals surface area (Å²) in [5, 5.41) is 9.99. The van der Waals surface area contributed by atoms with Crippen molar-refractivity contribution in [1.82, 2.24) is 0 Å². The lowest BCUT2D eigenvalue weighted by Crippen LogP contribution is -2.51. The van der Waals surface area contributed by atoms with Crippen molar-refractivity contribution in [2.75, 3.05) is 13.2 Å². The highest BCUT2D eigenvalue weighted by Gasteiger charge is 2.46. The molecule has 4 aromatic carbocycles. The fourth-order valence-electron chi connectivity index (χ4n) is 5.96. The molecule has 1 aliphatic rings. The Morgan fingerprint density at radius 1 is 0.822 bits per heavy atom. The molecule has 5 atom stereocenters. The maximum Gasteiger partial charge on any atom is 0.152 e. The summed E-state index contributed by atoms with van der Waals surface area (Å²) in [6, 6.07) is 32.8. The summed E-state index contributed by atoms with van der Waals surface area (Å²) in [5.41, 5.74) is 5.16. The normalized spacial score (nSPS) is 21.5. The van der Waals surface area contributed by atoms with Crippen molar-refractivity contribution >= 4 is 27.5 Å². The SMILES string of the molecule is CC[C@H]1O[C@@H](c2cc(Cc3ccccc3)c(Cl)c(OCCCO)c2Br)[C@H](OCc2ccccc2)[C@@H](OCc2ccccc2)[C@@H]1C. The van der Waals surface area contributed by atoms with Gasteiger partial charge < -0.3 is 24.1 Å². The number of aliphatic hydroxyl groups is 1. The summed E-state index contributed by atoms with van der Waals surface area (Å²) in [6.45, 7) is 5.60. The smallest absolute Gasteiger partial charge is 0.152 e. The molecule has 1 fully saturated rings. The molecular weight excluding hydrogens is 652 g/mol. The Labute approximate surface area is 280 Å². The first-order chi connectivity index (χ1) is 22.0. The van der Waals surface area contributed by atoms with Gasteiger partial charge in [0.15, 0.2) is 5.75 Å². The van der Waals surface area contributed by atoms with Gasteiger partial charge in [-0.2, -0.15) is 0 Å². The fraction of sp³-hybridized carbons (Fsp3) is 0.368. The molecule has 0 bridgehead atoms. The molecule has 1 saturated heterocycles. The number of ether oxygens (including phenoxy) is 4. The van der Waals surface area contributed by atoms with Crippen LogP contribution in [-0.4, -0.2) is 36.6 Å². The minimum atomic E-state index is -0.461. The van der Waals surface area contributed by atoms with Crippen LogP contribution in [-0.2, 0) is 33.8 Å². The van der Waals surface area contributed by atoms with Gasteiger partial charge in [-0.1, -0.05) is 116 Å². The number of aliphatic hydroxyl groups excluding tert-OH is 1. The first kappa shape index (κ1) is 33.6. The quantitative estimate of drug-likeness (QED) is 0.134. The largest absolute Gasteiger partial charge is 0.491 e. The molecule has 0 radical (unpaired) electrons. The van der Waals surface area contributed by atoms with Crippen molar-refractivity contribution in [3.63, 3.8) is 0 Å². The molecule has 1 aliphatic heterocycles. The molecule has 0 aliphatic carbocycles. The van der Waals surface area contributed by atoms with Crippen LogP contribution in [0.4, 0.5) is 0 Å². The van der Waals surface area contributed by atoms with Crippen LogP contribution < -0.4 is 4.74 Å². The lowest BCUT2D eigenvalue weighted by Gasteiger charge is -2.46. The third kappa shape index (κ3) is 8.56. The van der Waals surface area contributed by atoms with E-state index in [1.54, 1.807) is 0 Å². The van der Waals surface area contributed by atoms with Gasteiger partial charge >= 0.3 is 0 Å². The van der Waals surface area contributed by atoms with Crippen LogP contribution in [0.25, 0.3) is 0 Å². The third-order valence-corrected chi connectivity index (χ3v) is 9.61. The van der Waals surface area contributed by atoms with Gasteiger partial charge in [0.05, 0.1) is 41.5 Å². The second-order valence-electron chi connectivity index (χ2n) is 11.6. The van der Waals surface area contributed by atoms with Crippen molar-refractivity contribution in [3.05, 3.63) is 134 Å². The molecule has 0 unspecified atom stereocenters. The first-order valence-electron chi connectivity index (χ1n) is 15.7. The maximum atomic E-state index is 9.45. The Balaban J connectivity index is 1.57. The standard InChI is InChI=1S/C38H42BrClO5/c1-3-32-26(2)35(43-24-28-16-9-5-10-17-28)38(44-25-29-18-11-6-12-19-29)36(45-32)31-23-30(22-27-14-7-4-8-15-27)34(40)37(33(31)39)42-21-13-20-41/h4-12,14-19,23,26,32,35-36,38,41H,3,13,20-22,24-25H2,1-2H3/t26-,32-,35+,36+,38-/m1/s1. The van der Waals surface area contributed by atoms with Gasteiger partial charge in [-0.3, -0.25) is 0 Å². The average molecular weight is 694 g/mol. The van der Waals surface area contributed by atoms with Crippen molar-refractivity contribution in [1.29, 1.82) is 0 Å². The minimum absolute atomic E-state index is 0.0312. The van der Waals surface area contributed by atoms with Crippen molar-refractivity contribution < 1.29 is 24.1 Å². The molecule has 1 N–H and O–H groups in total. The molecule has 0 saturated carbocycles. The van der Waals surface area contributed by atoms with Crippen LogP contribution in [0.5, 0.6) is 5.75 Å². The summed E-state index contributed by atoms with van der Waals surface area (Å²) in [7, 11) is 0. The van der Waals surface area contributed by atoms with Crippen molar-refractivity contribution in [3.8, 4) is 5.75 Å². The molecule has 7 heteroatoms. The minimum Gasteiger partial charge on any atom is -0.491 e. The molecule has 0 amide bonds. The van der Waals surface area contributed by atoms with Gasteiger partial charge in [0.1, 0.15) is 12.2 Å². The number of benzene rings is 4. The molecule has 4 aromatic rings. The molecular formula is C38H42BrClO5. The van der Waals surface area contributed by atoms with Gasteiger partial charge in [0.2, 0.25) is 0 Å². The second-order valence-corrected chi connectivity index (χ2v) is 12.7. The number of halogens is 2. The lowest BCUT2D eigenvalue weighted by molar-refractivity contribution is -0.235. The van der Waals surface area contributed by atoms with E-state index < -0.39 is 12.2 Å². The number of hydrogen-bond acceptors (Lipinski definition) is 5. The second kappa shape index (κ2) is 16.7. The zero-order chi connectivity index (χ0) is 31.6. The molecule has 5 nitrogen and oxygen atoms in total. The molecule has 45 heavy (non-hydrogen) atoms. The Kier molecular flexibility index (Phi) is 12.5. The summed E-state index contributed by atoms with van der Waals surface area (Å²) < 4.78 is 27.5. The van der Waals surface area contributed by atoms with Gasteiger partial charge in [-0.15, -0.1) is 0 Å². The van der Waals surface area contributed by atoms with Crippen molar-refractivity contribution in [2.45, 2.75) is 70.7 Å². The zero-order valence-corrected chi connectivity index (χ0v) is 28.3. The van der Waals surface area contributed by atoms with E-state index in [2.05, 4.69) is 72.2 Å². The van der Waals surface area contributed by atoms with Crippen molar-refractivity contribution in [2.24, 2.45) is 5.92 Å². The van der Waals surface area contributed by atoms with E-state index in [1.165, 1.54) is 0 Å². The maximum absolute atomic E-state index is 9.45. The third-order valence-electron chi connectivity index (χ3n) is 8.38. The first-order valence-corrected chi connectivity index (χ1v) is 16.9. The van der Waals surface area contributed by atoms with E-state index in [0.29, 0.717) is 43.4 Å². The summed E-state index contributed by atoms with van der Waals surface area (Å²) in [5.74, 6) is 0.637. The fourth-order valence-corrected chi connectivity index (χ4v) is 7.00. The van der Waals surface area contributed by atoms with E-state index in [-0.39, 0.29) is 24.7 Å². The van der Waals surface area contributed by atoms with Gasteiger partial charge in [-0.05, 0) is 57.1 Å². The Bertz CT molecular complexity index is 1470. The van der Waals surface area contributed by atoms with Crippen LogP contribution in [0.15, 0.2) is 102 Å². The van der Waals surface area contributed by atoms with Gasteiger partial charge in [0.25, 0.3) is 0 Å². The van der Waals surface area contributed by atoms with Crippen LogP contribution in [0, 0.1) is 5.92 Å². The monoisotopic (exact) mass is 692 g/mol. The highest BCUT2D eigenvalue weighted by molar-refractivity contribution is 9.10. The summed E-state index contributed by atoms with van der Waals surface area (Å²) in [6.07, 6.45) is 0.782. The molecule has 1 heterocycles. The van der Waals surface area contributed by atoms with Crippen LogP contribution in [0.2, 0.25) is 5.02 Å².